The lowest BCUT2D eigenvalue weighted by molar-refractivity contribution is 0.783. The fourth-order valence-corrected chi connectivity index (χ4v) is 2.68. The Morgan fingerprint density at radius 1 is 1.24 bits per heavy atom. The van der Waals surface area contributed by atoms with Gasteiger partial charge in [0.25, 0.3) is 0 Å². The SMILES string of the molecule is Cc1nn(C)c2cc(-c3[nH]nc4ncnc(N)c34)ccc12. The number of nitrogens with one attached hydrogen (secondary N) is 1. The molecule has 3 N–H and O–H groups in total. The van der Waals surface area contributed by atoms with Gasteiger partial charge in [0, 0.05) is 18.0 Å². The van der Waals surface area contributed by atoms with Crippen LogP contribution in [-0.2, 0) is 7.05 Å². The molecule has 3 aromatic heterocycles. The molecule has 21 heavy (non-hydrogen) atoms. The van der Waals surface area contributed by atoms with Crippen molar-refractivity contribution < 1.29 is 0 Å². The molecule has 0 bridgehead atoms. The minimum Gasteiger partial charge on any atom is -0.383 e. The smallest absolute Gasteiger partial charge is 0.186 e. The lowest BCUT2D eigenvalue weighted by Gasteiger charge is -2.02. The normalized spacial score (nSPS) is 11.5. The molecular weight excluding hydrogens is 266 g/mol. The molecule has 0 radical (unpaired) electrons. The number of H-pyrrole nitrogens is 1. The lowest BCUT2D eigenvalue weighted by Crippen LogP contribution is -1.93. The van der Waals surface area contributed by atoms with Crippen molar-refractivity contribution in [3.05, 3.63) is 30.2 Å². The third-order valence-corrected chi connectivity index (χ3v) is 3.71. The van der Waals surface area contributed by atoms with E-state index < -0.39 is 0 Å². The summed E-state index contributed by atoms with van der Waals surface area (Å²) in [6, 6.07) is 6.14. The van der Waals surface area contributed by atoms with Gasteiger partial charge in [-0.25, -0.2) is 9.97 Å². The first-order valence-electron chi connectivity index (χ1n) is 6.53. The van der Waals surface area contributed by atoms with Crippen molar-refractivity contribution in [2.24, 2.45) is 7.05 Å². The van der Waals surface area contributed by atoms with Crippen molar-refractivity contribution in [3.8, 4) is 11.3 Å². The number of hydrogen-bond donors (Lipinski definition) is 2. The van der Waals surface area contributed by atoms with Gasteiger partial charge in [-0.1, -0.05) is 12.1 Å². The fourth-order valence-electron chi connectivity index (χ4n) is 2.68. The number of aromatic amines is 1. The second kappa shape index (κ2) is 4.02. The summed E-state index contributed by atoms with van der Waals surface area (Å²) in [7, 11) is 1.93. The summed E-state index contributed by atoms with van der Waals surface area (Å²) in [4.78, 5) is 8.16. The zero-order valence-electron chi connectivity index (χ0n) is 11.6. The summed E-state index contributed by atoms with van der Waals surface area (Å²) in [5.41, 5.74) is 10.4. The van der Waals surface area contributed by atoms with Crippen LogP contribution in [0.3, 0.4) is 0 Å². The zero-order chi connectivity index (χ0) is 14.6. The first-order chi connectivity index (χ1) is 10.1. The van der Waals surface area contributed by atoms with Gasteiger partial charge >= 0.3 is 0 Å². The minimum atomic E-state index is 0.421. The van der Waals surface area contributed by atoms with Crippen LogP contribution in [0.4, 0.5) is 5.82 Å². The molecule has 0 fully saturated rings. The number of nitrogens with zero attached hydrogens (tertiary/aromatic N) is 5. The van der Waals surface area contributed by atoms with E-state index in [-0.39, 0.29) is 0 Å². The largest absolute Gasteiger partial charge is 0.383 e. The molecule has 0 aliphatic rings. The van der Waals surface area contributed by atoms with Crippen LogP contribution in [0.5, 0.6) is 0 Å². The van der Waals surface area contributed by atoms with Crippen LogP contribution in [0.2, 0.25) is 0 Å². The molecule has 0 amide bonds. The molecule has 0 saturated heterocycles. The lowest BCUT2D eigenvalue weighted by atomic mass is 10.1. The Labute approximate surface area is 119 Å². The summed E-state index contributed by atoms with van der Waals surface area (Å²) in [6.45, 7) is 2.00. The highest BCUT2D eigenvalue weighted by molar-refractivity contribution is 5.99. The second-order valence-corrected chi connectivity index (χ2v) is 5.00. The molecule has 4 rings (SSSR count). The van der Waals surface area contributed by atoms with Crippen molar-refractivity contribution in [3.63, 3.8) is 0 Å². The van der Waals surface area contributed by atoms with Gasteiger partial charge in [0.2, 0.25) is 0 Å². The Bertz CT molecular complexity index is 980. The highest BCUT2D eigenvalue weighted by Crippen LogP contribution is 2.30. The quantitative estimate of drug-likeness (QED) is 0.553. The van der Waals surface area contributed by atoms with Crippen LogP contribution in [-0.4, -0.2) is 29.9 Å². The van der Waals surface area contributed by atoms with E-state index in [1.807, 2.05) is 24.7 Å². The van der Waals surface area contributed by atoms with E-state index in [4.69, 9.17) is 5.73 Å². The van der Waals surface area contributed by atoms with Crippen molar-refractivity contribution in [1.82, 2.24) is 29.9 Å². The number of anilines is 1. The highest BCUT2D eigenvalue weighted by Gasteiger charge is 2.14. The monoisotopic (exact) mass is 279 g/mol. The molecular formula is C14H13N7. The first-order valence-corrected chi connectivity index (χ1v) is 6.53. The Balaban J connectivity index is 2.02. The van der Waals surface area contributed by atoms with Gasteiger partial charge in [-0.05, 0) is 13.0 Å². The molecule has 104 valence electrons. The molecule has 1 aromatic carbocycles. The van der Waals surface area contributed by atoms with E-state index in [1.54, 1.807) is 0 Å². The third-order valence-electron chi connectivity index (χ3n) is 3.71. The number of aryl methyl sites for hydroxylation is 2. The molecule has 3 heterocycles. The van der Waals surface area contributed by atoms with Crippen LogP contribution in [0, 0.1) is 6.92 Å². The second-order valence-electron chi connectivity index (χ2n) is 5.00. The summed E-state index contributed by atoms with van der Waals surface area (Å²) in [5.74, 6) is 0.421. The Morgan fingerprint density at radius 2 is 2.10 bits per heavy atom. The predicted octanol–water partition coefficient (Wildman–Crippen LogP) is 1.80. The zero-order valence-corrected chi connectivity index (χ0v) is 11.6. The number of fused-ring (bicyclic) bond motifs is 2. The van der Waals surface area contributed by atoms with E-state index in [2.05, 4.69) is 37.4 Å². The van der Waals surface area contributed by atoms with Gasteiger partial charge in [0.05, 0.1) is 22.3 Å². The maximum Gasteiger partial charge on any atom is 0.186 e. The van der Waals surface area contributed by atoms with Crippen LogP contribution in [0.25, 0.3) is 33.2 Å². The van der Waals surface area contributed by atoms with Crippen LogP contribution in [0.15, 0.2) is 24.5 Å². The molecule has 0 aliphatic heterocycles. The molecule has 0 unspecified atom stereocenters. The van der Waals surface area contributed by atoms with Gasteiger partial charge in [-0.15, -0.1) is 0 Å². The van der Waals surface area contributed by atoms with Gasteiger partial charge < -0.3 is 5.73 Å². The van der Waals surface area contributed by atoms with Crippen molar-refractivity contribution in [2.45, 2.75) is 6.92 Å². The molecule has 0 spiro atoms. The molecule has 0 saturated carbocycles. The number of nitrogens with two attached hydrogens (primary N) is 1. The fraction of sp³-hybridized carbons (Fsp3) is 0.143. The summed E-state index contributed by atoms with van der Waals surface area (Å²) >= 11 is 0. The third kappa shape index (κ3) is 1.60. The number of rotatable bonds is 1. The van der Waals surface area contributed by atoms with Crippen LogP contribution < -0.4 is 5.73 Å². The van der Waals surface area contributed by atoms with E-state index in [1.165, 1.54) is 6.33 Å². The summed E-state index contributed by atoms with van der Waals surface area (Å²) in [6.07, 6.45) is 1.41. The van der Waals surface area contributed by atoms with Crippen molar-refractivity contribution in [1.29, 1.82) is 0 Å². The van der Waals surface area contributed by atoms with Gasteiger partial charge in [0.1, 0.15) is 12.1 Å². The number of hydrogen-bond acceptors (Lipinski definition) is 5. The van der Waals surface area contributed by atoms with E-state index in [0.717, 1.165) is 33.2 Å². The van der Waals surface area contributed by atoms with E-state index in [0.29, 0.717) is 11.5 Å². The summed E-state index contributed by atoms with van der Waals surface area (Å²) < 4.78 is 1.87. The molecule has 0 atom stereocenters. The first kappa shape index (κ1) is 11.8. The van der Waals surface area contributed by atoms with Gasteiger partial charge in [-0.2, -0.15) is 10.2 Å². The number of nitrogen functional groups attached to an aromatic ring is 1. The van der Waals surface area contributed by atoms with Gasteiger partial charge in [0.15, 0.2) is 5.65 Å². The van der Waals surface area contributed by atoms with E-state index in [9.17, 15) is 0 Å². The summed E-state index contributed by atoms with van der Waals surface area (Å²) in [5, 5.41) is 13.5. The maximum absolute atomic E-state index is 5.96. The van der Waals surface area contributed by atoms with Crippen LogP contribution >= 0.6 is 0 Å². The molecule has 4 aromatic rings. The minimum absolute atomic E-state index is 0.421. The van der Waals surface area contributed by atoms with Crippen LogP contribution in [0.1, 0.15) is 5.69 Å². The standard InChI is InChI=1S/C14H13N7/c1-7-9-4-3-8(5-10(9)21(2)20-7)12-11-13(15)16-6-17-14(11)19-18-12/h3-6H,1-2H3,(H3,15,16,17,18,19). The topological polar surface area (TPSA) is 98.3 Å². The van der Waals surface area contributed by atoms with E-state index >= 15 is 0 Å². The predicted molar refractivity (Wildman–Crippen MR) is 80.5 cm³/mol. The molecule has 7 nitrogen and oxygen atoms in total. The average molecular weight is 279 g/mol. The highest BCUT2D eigenvalue weighted by atomic mass is 15.3. The molecule has 0 aliphatic carbocycles. The van der Waals surface area contributed by atoms with Gasteiger partial charge in [-0.3, -0.25) is 9.78 Å². The average Bonchev–Trinajstić information content (AvgIpc) is 3.02. The Kier molecular flexibility index (Phi) is 2.26. The molecule has 7 heteroatoms. The maximum atomic E-state index is 5.96. The number of aromatic nitrogens is 6. The number of benzene rings is 1. The Hall–Kier alpha value is -2.96. The Morgan fingerprint density at radius 3 is 2.95 bits per heavy atom. The van der Waals surface area contributed by atoms with Crippen molar-refractivity contribution >= 4 is 27.8 Å². The van der Waals surface area contributed by atoms with Crippen molar-refractivity contribution in [2.75, 3.05) is 5.73 Å².